The van der Waals surface area contributed by atoms with Crippen molar-refractivity contribution >= 4 is 31.9 Å². The van der Waals surface area contributed by atoms with E-state index in [1.54, 1.807) is 0 Å². The summed E-state index contributed by atoms with van der Waals surface area (Å²) in [5.41, 5.74) is 0. The SMILES string of the molecule is OCC(Br)CCCC(O)CBr. The lowest BCUT2D eigenvalue weighted by atomic mass is 10.1. The summed E-state index contributed by atoms with van der Waals surface area (Å²) in [6.45, 7) is 0.171. The van der Waals surface area contributed by atoms with E-state index < -0.39 is 0 Å². The lowest BCUT2D eigenvalue weighted by Crippen LogP contribution is -2.10. The van der Waals surface area contributed by atoms with Gasteiger partial charge in [-0.2, -0.15) is 0 Å². The van der Waals surface area contributed by atoms with E-state index in [0.717, 1.165) is 19.3 Å². The van der Waals surface area contributed by atoms with Crippen molar-refractivity contribution in [3.8, 4) is 0 Å². The fourth-order valence-corrected chi connectivity index (χ4v) is 1.39. The summed E-state index contributed by atoms with van der Waals surface area (Å²) < 4.78 is 0. The van der Waals surface area contributed by atoms with Crippen LogP contribution >= 0.6 is 31.9 Å². The van der Waals surface area contributed by atoms with E-state index in [4.69, 9.17) is 10.2 Å². The molecule has 0 amide bonds. The number of aliphatic hydroxyl groups is 2. The zero-order chi connectivity index (χ0) is 8.69. The number of rotatable bonds is 6. The van der Waals surface area contributed by atoms with Crippen LogP contribution in [-0.2, 0) is 0 Å². The van der Waals surface area contributed by atoms with Crippen LogP contribution in [0.2, 0.25) is 0 Å². The normalized spacial score (nSPS) is 16.4. The fourth-order valence-electron chi connectivity index (χ4n) is 0.743. The Morgan fingerprint density at radius 2 is 1.91 bits per heavy atom. The summed E-state index contributed by atoms with van der Waals surface area (Å²) in [6, 6.07) is 0. The minimum atomic E-state index is -0.242. The van der Waals surface area contributed by atoms with E-state index in [2.05, 4.69) is 31.9 Å². The molecule has 2 N–H and O–H groups in total. The van der Waals surface area contributed by atoms with Gasteiger partial charge in [0.15, 0.2) is 0 Å². The molecular formula is C7H14Br2O2. The molecule has 0 bridgehead atoms. The minimum Gasteiger partial charge on any atom is -0.395 e. The molecule has 0 fully saturated rings. The van der Waals surface area contributed by atoms with Crippen LogP contribution in [0, 0.1) is 0 Å². The maximum absolute atomic E-state index is 9.12. The Morgan fingerprint density at radius 1 is 1.27 bits per heavy atom. The molecule has 0 aromatic rings. The topological polar surface area (TPSA) is 40.5 Å². The van der Waals surface area contributed by atoms with Crippen LogP contribution in [0.15, 0.2) is 0 Å². The maximum Gasteiger partial charge on any atom is 0.0637 e. The van der Waals surface area contributed by atoms with Crippen molar-refractivity contribution in [3.63, 3.8) is 0 Å². The first-order chi connectivity index (χ1) is 5.20. The second-order valence-corrected chi connectivity index (χ2v) is 4.46. The van der Waals surface area contributed by atoms with Crippen LogP contribution in [-0.4, -0.2) is 33.1 Å². The van der Waals surface area contributed by atoms with Gasteiger partial charge in [-0.05, 0) is 19.3 Å². The standard InChI is InChI=1S/C7H14Br2O2/c8-4-7(11)3-1-2-6(9)5-10/h6-7,10-11H,1-5H2. The second kappa shape index (κ2) is 7.53. The number of hydrogen-bond donors (Lipinski definition) is 2. The average Bonchev–Trinajstić information content (AvgIpc) is 2.04. The summed E-state index contributed by atoms with van der Waals surface area (Å²) in [7, 11) is 0. The second-order valence-electron chi connectivity index (χ2n) is 2.52. The Labute approximate surface area is 84.3 Å². The van der Waals surface area contributed by atoms with Crippen molar-refractivity contribution in [3.05, 3.63) is 0 Å². The van der Waals surface area contributed by atoms with Crippen LogP contribution < -0.4 is 0 Å². The Bertz CT molecular complexity index is 80.5. The number of halogens is 2. The predicted molar refractivity (Wildman–Crippen MR) is 53.5 cm³/mol. The van der Waals surface area contributed by atoms with Crippen LogP contribution in [0.5, 0.6) is 0 Å². The first-order valence-corrected chi connectivity index (χ1v) is 5.73. The minimum absolute atomic E-state index is 0.171. The molecule has 2 atom stereocenters. The molecule has 0 spiro atoms. The molecule has 4 heteroatoms. The van der Waals surface area contributed by atoms with Gasteiger partial charge >= 0.3 is 0 Å². The molecule has 2 unspecified atom stereocenters. The van der Waals surface area contributed by atoms with Crippen LogP contribution in [0.25, 0.3) is 0 Å². The van der Waals surface area contributed by atoms with E-state index >= 15 is 0 Å². The summed E-state index contributed by atoms with van der Waals surface area (Å²) >= 11 is 6.49. The average molecular weight is 290 g/mol. The van der Waals surface area contributed by atoms with Gasteiger partial charge in [0.1, 0.15) is 0 Å². The molecule has 0 heterocycles. The van der Waals surface area contributed by atoms with Crippen molar-refractivity contribution in [1.29, 1.82) is 0 Å². The largest absolute Gasteiger partial charge is 0.395 e. The van der Waals surface area contributed by atoms with Crippen molar-refractivity contribution < 1.29 is 10.2 Å². The van der Waals surface area contributed by atoms with Gasteiger partial charge in [-0.25, -0.2) is 0 Å². The van der Waals surface area contributed by atoms with Crippen LogP contribution in [0.4, 0.5) is 0 Å². The molecular weight excluding hydrogens is 276 g/mol. The number of aliphatic hydroxyl groups excluding tert-OH is 2. The Hall–Kier alpha value is 0.880. The lowest BCUT2D eigenvalue weighted by Gasteiger charge is -2.08. The third kappa shape index (κ3) is 7.25. The summed E-state index contributed by atoms with van der Waals surface area (Å²) in [6.07, 6.45) is 2.42. The van der Waals surface area contributed by atoms with Crippen molar-refractivity contribution in [2.24, 2.45) is 0 Å². The predicted octanol–water partition coefficient (Wildman–Crippen LogP) is 1.67. The molecule has 0 aliphatic rings. The molecule has 0 saturated carbocycles. The smallest absolute Gasteiger partial charge is 0.0637 e. The molecule has 0 aromatic carbocycles. The van der Waals surface area contributed by atoms with Gasteiger partial charge in [0.05, 0.1) is 12.7 Å². The van der Waals surface area contributed by atoms with Crippen molar-refractivity contribution in [2.75, 3.05) is 11.9 Å². The molecule has 0 saturated heterocycles. The molecule has 0 radical (unpaired) electrons. The van der Waals surface area contributed by atoms with Gasteiger partial charge in [-0.15, -0.1) is 0 Å². The van der Waals surface area contributed by atoms with Gasteiger partial charge in [0.25, 0.3) is 0 Å². The van der Waals surface area contributed by atoms with Crippen LogP contribution in [0.3, 0.4) is 0 Å². The third-order valence-corrected chi connectivity index (χ3v) is 2.93. The highest BCUT2D eigenvalue weighted by Crippen LogP contribution is 2.11. The van der Waals surface area contributed by atoms with E-state index in [1.807, 2.05) is 0 Å². The van der Waals surface area contributed by atoms with E-state index in [-0.39, 0.29) is 17.5 Å². The molecule has 11 heavy (non-hydrogen) atoms. The quantitative estimate of drug-likeness (QED) is 0.731. The summed E-state index contributed by atoms with van der Waals surface area (Å²) in [5.74, 6) is 0. The monoisotopic (exact) mass is 288 g/mol. The molecule has 0 aliphatic heterocycles. The molecule has 0 aromatic heterocycles. The number of alkyl halides is 2. The van der Waals surface area contributed by atoms with Gasteiger partial charge < -0.3 is 10.2 Å². The lowest BCUT2D eigenvalue weighted by molar-refractivity contribution is 0.185. The van der Waals surface area contributed by atoms with Gasteiger partial charge in [0, 0.05) is 10.2 Å². The first-order valence-electron chi connectivity index (χ1n) is 3.69. The summed E-state index contributed by atoms with van der Waals surface area (Å²) in [4.78, 5) is 0.185. The van der Waals surface area contributed by atoms with Gasteiger partial charge in [-0.1, -0.05) is 31.9 Å². The van der Waals surface area contributed by atoms with E-state index in [9.17, 15) is 0 Å². The van der Waals surface area contributed by atoms with Crippen LogP contribution in [0.1, 0.15) is 19.3 Å². The zero-order valence-electron chi connectivity index (χ0n) is 6.34. The highest BCUT2D eigenvalue weighted by Gasteiger charge is 2.04. The van der Waals surface area contributed by atoms with Gasteiger partial charge in [-0.3, -0.25) is 0 Å². The maximum atomic E-state index is 9.12. The summed E-state index contributed by atoms with van der Waals surface area (Å²) in [5, 5.41) is 18.4. The molecule has 68 valence electrons. The number of hydrogen-bond acceptors (Lipinski definition) is 2. The first kappa shape index (κ1) is 11.9. The fraction of sp³-hybridized carbons (Fsp3) is 1.00. The van der Waals surface area contributed by atoms with Gasteiger partial charge in [0.2, 0.25) is 0 Å². The molecule has 0 rings (SSSR count). The Morgan fingerprint density at radius 3 is 2.36 bits per heavy atom. The molecule has 2 nitrogen and oxygen atoms in total. The highest BCUT2D eigenvalue weighted by molar-refractivity contribution is 9.09. The molecule has 0 aliphatic carbocycles. The van der Waals surface area contributed by atoms with E-state index in [1.165, 1.54) is 0 Å². The zero-order valence-corrected chi connectivity index (χ0v) is 9.51. The van der Waals surface area contributed by atoms with E-state index in [0.29, 0.717) is 5.33 Å². The highest BCUT2D eigenvalue weighted by atomic mass is 79.9. The van der Waals surface area contributed by atoms with Crippen molar-refractivity contribution in [2.45, 2.75) is 30.2 Å². The Balaban J connectivity index is 3.13. The van der Waals surface area contributed by atoms with Crippen molar-refractivity contribution in [1.82, 2.24) is 0 Å². The Kier molecular flexibility index (Phi) is 8.13. The third-order valence-electron chi connectivity index (χ3n) is 1.43.